The molecule has 0 heterocycles. The monoisotopic (exact) mass is 332 g/mol. The molecule has 0 aliphatic rings. The highest BCUT2D eigenvalue weighted by Crippen LogP contribution is 2.19. The Morgan fingerprint density at radius 3 is 2.60 bits per heavy atom. The Labute approximate surface area is 127 Å². The Hall–Kier alpha value is -1.81. The number of rotatable bonds is 4. The fourth-order valence-corrected chi connectivity index (χ4v) is 2.11. The Kier molecular flexibility index (Phi) is 4.79. The summed E-state index contributed by atoms with van der Waals surface area (Å²) < 4.78 is 1.04. The van der Waals surface area contributed by atoms with E-state index in [9.17, 15) is 4.79 Å². The van der Waals surface area contributed by atoms with Gasteiger partial charge in [-0.2, -0.15) is 0 Å². The first-order valence-electron chi connectivity index (χ1n) is 6.41. The van der Waals surface area contributed by atoms with Gasteiger partial charge in [0.25, 0.3) is 0 Å². The Morgan fingerprint density at radius 2 is 1.90 bits per heavy atom. The van der Waals surface area contributed by atoms with Crippen LogP contribution in [0.4, 0.5) is 11.4 Å². The van der Waals surface area contributed by atoms with Crippen LogP contribution in [-0.2, 0) is 4.79 Å². The molecule has 0 fully saturated rings. The number of amides is 1. The maximum Gasteiger partial charge on any atom is 0.243 e. The third kappa shape index (κ3) is 4.10. The standard InChI is InChI=1S/C16H17BrN2O/c1-11-4-3-5-13(8-11)18-10-16(20)19-14-6-7-15(17)12(2)9-14/h3-9,18H,10H2,1-2H3,(H,19,20). The summed E-state index contributed by atoms with van der Waals surface area (Å²) in [6, 6.07) is 13.7. The van der Waals surface area contributed by atoms with Gasteiger partial charge in [0.2, 0.25) is 5.91 Å². The van der Waals surface area contributed by atoms with Crippen LogP contribution < -0.4 is 10.6 Å². The van der Waals surface area contributed by atoms with Crippen molar-refractivity contribution >= 4 is 33.2 Å². The molecule has 0 unspecified atom stereocenters. The van der Waals surface area contributed by atoms with Crippen LogP contribution in [0.25, 0.3) is 0 Å². The smallest absolute Gasteiger partial charge is 0.243 e. The van der Waals surface area contributed by atoms with E-state index < -0.39 is 0 Å². The van der Waals surface area contributed by atoms with Crippen molar-refractivity contribution in [3.05, 3.63) is 58.1 Å². The SMILES string of the molecule is Cc1cccc(NCC(=O)Nc2ccc(Br)c(C)c2)c1. The molecular weight excluding hydrogens is 316 g/mol. The quantitative estimate of drug-likeness (QED) is 0.884. The minimum Gasteiger partial charge on any atom is -0.376 e. The van der Waals surface area contributed by atoms with E-state index in [4.69, 9.17) is 0 Å². The molecule has 0 atom stereocenters. The van der Waals surface area contributed by atoms with E-state index in [1.165, 1.54) is 5.56 Å². The highest BCUT2D eigenvalue weighted by molar-refractivity contribution is 9.10. The van der Waals surface area contributed by atoms with Gasteiger partial charge in [-0.1, -0.05) is 28.1 Å². The molecule has 0 aliphatic heterocycles. The number of benzene rings is 2. The van der Waals surface area contributed by atoms with Gasteiger partial charge in [-0.05, 0) is 55.3 Å². The van der Waals surface area contributed by atoms with Crippen LogP contribution in [0.15, 0.2) is 46.9 Å². The average Bonchev–Trinajstić information content (AvgIpc) is 2.41. The van der Waals surface area contributed by atoms with Crippen LogP contribution in [0, 0.1) is 13.8 Å². The normalized spacial score (nSPS) is 10.2. The molecule has 0 saturated carbocycles. The number of hydrogen-bond donors (Lipinski definition) is 2. The summed E-state index contributed by atoms with van der Waals surface area (Å²) >= 11 is 3.44. The summed E-state index contributed by atoms with van der Waals surface area (Å²) in [7, 11) is 0. The van der Waals surface area contributed by atoms with E-state index in [-0.39, 0.29) is 12.5 Å². The van der Waals surface area contributed by atoms with Crippen molar-refractivity contribution in [1.29, 1.82) is 0 Å². The van der Waals surface area contributed by atoms with E-state index in [2.05, 4.69) is 26.6 Å². The highest BCUT2D eigenvalue weighted by Gasteiger charge is 2.03. The molecule has 0 saturated heterocycles. The summed E-state index contributed by atoms with van der Waals surface area (Å²) in [4.78, 5) is 11.9. The highest BCUT2D eigenvalue weighted by atomic mass is 79.9. The number of aryl methyl sites for hydroxylation is 2. The van der Waals surface area contributed by atoms with Gasteiger partial charge in [0.05, 0.1) is 6.54 Å². The van der Waals surface area contributed by atoms with Crippen LogP contribution in [0.5, 0.6) is 0 Å². The number of halogens is 1. The van der Waals surface area contributed by atoms with Crippen LogP contribution >= 0.6 is 15.9 Å². The first-order chi connectivity index (χ1) is 9.54. The summed E-state index contributed by atoms with van der Waals surface area (Å²) in [5, 5.41) is 5.98. The third-order valence-corrected chi connectivity index (χ3v) is 3.80. The third-order valence-electron chi connectivity index (χ3n) is 2.91. The van der Waals surface area contributed by atoms with Crippen LogP contribution in [0.3, 0.4) is 0 Å². The Morgan fingerprint density at radius 1 is 1.10 bits per heavy atom. The lowest BCUT2D eigenvalue weighted by Gasteiger charge is -2.09. The number of carbonyl (C=O) groups excluding carboxylic acids is 1. The molecule has 0 aromatic heterocycles. The lowest BCUT2D eigenvalue weighted by atomic mass is 10.2. The molecule has 0 aliphatic carbocycles. The van der Waals surface area contributed by atoms with Gasteiger partial charge in [0, 0.05) is 15.8 Å². The van der Waals surface area contributed by atoms with Crippen LogP contribution in [0.1, 0.15) is 11.1 Å². The fourth-order valence-electron chi connectivity index (χ4n) is 1.86. The van der Waals surface area contributed by atoms with Crippen molar-refractivity contribution in [3.8, 4) is 0 Å². The lowest BCUT2D eigenvalue weighted by molar-refractivity contribution is -0.114. The molecule has 104 valence electrons. The van der Waals surface area contributed by atoms with Gasteiger partial charge in [0.1, 0.15) is 0 Å². The minimum atomic E-state index is -0.0618. The van der Waals surface area contributed by atoms with Gasteiger partial charge >= 0.3 is 0 Å². The van der Waals surface area contributed by atoms with Crippen molar-refractivity contribution in [2.24, 2.45) is 0 Å². The largest absolute Gasteiger partial charge is 0.376 e. The molecule has 2 N–H and O–H groups in total. The molecule has 1 amide bonds. The molecule has 0 spiro atoms. The number of hydrogen-bond acceptors (Lipinski definition) is 2. The maximum absolute atomic E-state index is 11.9. The second-order valence-electron chi connectivity index (χ2n) is 4.74. The Balaban J connectivity index is 1.91. The molecule has 0 radical (unpaired) electrons. The first kappa shape index (κ1) is 14.6. The fraction of sp³-hybridized carbons (Fsp3) is 0.188. The maximum atomic E-state index is 11.9. The van der Waals surface area contributed by atoms with E-state index in [0.717, 1.165) is 21.4 Å². The van der Waals surface area contributed by atoms with Crippen molar-refractivity contribution in [2.45, 2.75) is 13.8 Å². The molecule has 2 aromatic carbocycles. The van der Waals surface area contributed by atoms with Crippen molar-refractivity contribution in [2.75, 3.05) is 17.2 Å². The number of anilines is 2. The number of nitrogens with one attached hydrogen (secondary N) is 2. The molecular formula is C16H17BrN2O. The molecule has 4 heteroatoms. The van der Waals surface area contributed by atoms with Crippen molar-refractivity contribution in [3.63, 3.8) is 0 Å². The molecule has 3 nitrogen and oxygen atoms in total. The van der Waals surface area contributed by atoms with E-state index in [1.807, 2.05) is 56.3 Å². The summed E-state index contributed by atoms with van der Waals surface area (Å²) in [6.45, 7) is 4.26. The predicted octanol–water partition coefficient (Wildman–Crippen LogP) is 4.12. The minimum absolute atomic E-state index is 0.0618. The summed E-state index contributed by atoms with van der Waals surface area (Å²) in [5.41, 5.74) is 4.02. The summed E-state index contributed by atoms with van der Waals surface area (Å²) in [6.07, 6.45) is 0. The lowest BCUT2D eigenvalue weighted by Crippen LogP contribution is -2.21. The zero-order chi connectivity index (χ0) is 14.5. The molecule has 20 heavy (non-hydrogen) atoms. The molecule has 2 rings (SSSR count). The number of carbonyl (C=O) groups is 1. The molecule has 0 bridgehead atoms. The predicted molar refractivity (Wildman–Crippen MR) is 87.2 cm³/mol. The zero-order valence-electron chi connectivity index (χ0n) is 11.5. The topological polar surface area (TPSA) is 41.1 Å². The summed E-state index contributed by atoms with van der Waals surface area (Å²) in [5.74, 6) is -0.0618. The Bertz CT molecular complexity index is 626. The van der Waals surface area contributed by atoms with Crippen LogP contribution in [-0.4, -0.2) is 12.5 Å². The van der Waals surface area contributed by atoms with E-state index in [1.54, 1.807) is 0 Å². The second kappa shape index (κ2) is 6.57. The van der Waals surface area contributed by atoms with Gasteiger partial charge in [-0.25, -0.2) is 0 Å². The van der Waals surface area contributed by atoms with Crippen molar-refractivity contribution < 1.29 is 4.79 Å². The van der Waals surface area contributed by atoms with Gasteiger partial charge < -0.3 is 10.6 Å². The average molecular weight is 333 g/mol. The zero-order valence-corrected chi connectivity index (χ0v) is 13.1. The van der Waals surface area contributed by atoms with Crippen LogP contribution in [0.2, 0.25) is 0 Å². The first-order valence-corrected chi connectivity index (χ1v) is 7.20. The van der Waals surface area contributed by atoms with E-state index >= 15 is 0 Å². The second-order valence-corrected chi connectivity index (χ2v) is 5.59. The van der Waals surface area contributed by atoms with Gasteiger partial charge in [-0.3, -0.25) is 4.79 Å². The van der Waals surface area contributed by atoms with E-state index in [0.29, 0.717) is 0 Å². The van der Waals surface area contributed by atoms with Gasteiger partial charge in [0.15, 0.2) is 0 Å². The molecule has 2 aromatic rings. The van der Waals surface area contributed by atoms with Gasteiger partial charge in [-0.15, -0.1) is 0 Å². The van der Waals surface area contributed by atoms with Crippen molar-refractivity contribution in [1.82, 2.24) is 0 Å².